The summed E-state index contributed by atoms with van der Waals surface area (Å²) < 4.78 is 13.0. The number of halogens is 1. The summed E-state index contributed by atoms with van der Waals surface area (Å²) in [7, 11) is 0. The van der Waals surface area contributed by atoms with E-state index in [1.54, 1.807) is 24.0 Å². The van der Waals surface area contributed by atoms with Crippen LogP contribution in [0.2, 0.25) is 0 Å². The van der Waals surface area contributed by atoms with E-state index in [9.17, 15) is 14.0 Å². The third-order valence-corrected chi connectivity index (χ3v) is 5.67. The molecule has 1 heterocycles. The van der Waals surface area contributed by atoms with Gasteiger partial charge in [0.25, 0.3) is 0 Å². The van der Waals surface area contributed by atoms with Crippen molar-refractivity contribution < 1.29 is 14.0 Å². The van der Waals surface area contributed by atoms with Crippen LogP contribution in [-0.2, 0) is 16.1 Å². The van der Waals surface area contributed by atoms with E-state index in [1.807, 2.05) is 31.2 Å². The molecule has 1 saturated heterocycles. The molecule has 1 aliphatic heterocycles. The molecule has 2 aromatic rings. The summed E-state index contributed by atoms with van der Waals surface area (Å²) in [6.45, 7) is 4.05. The summed E-state index contributed by atoms with van der Waals surface area (Å²) in [5, 5.41) is 2.67. The van der Waals surface area contributed by atoms with Gasteiger partial charge in [-0.1, -0.05) is 42.0 Å². The van der Waals surface area contributed by atoms with Crippen LogP contribution in [0.1, 0.15) is 29.0 Å². The number of benzene rings is 2. The summed E-state index contributed by atoms with van der Waals surface area (Å²) >= 11 is 1.53. The van der Waals surface area contributed by atoms with Crippen molar-refractivity contribution in [2.24, 2.45) is 0 Å². The third-order valence-electron chi connectivity index (χ3n) is 4.44. The molecule has 3 rings (SSSR count). The number of carbonyl (C=O) groups excluding carboxylic acids is 2. The van der Waals surface area contributed by atoms with E-state index in [0.29, 0.717) is 12.3 Å². The second-order valence-corrected chi connectivity index (χ2v) is 7.46. The monoisotopic (exact) mass is 372 g/mol. The molecule has 136 valence electrons. The van der Waals surface area contributed by atoms with Gasteiger partial charge in [0.1, 0.15) is 17.2 Å². The number of aryl methyl sites for hydroxylation is 1. The van der Waals surface area contributed by atoms with Crippen LogP contribution in [0.3, 0.4) is 0 Å². The fraction of sp³-hybridized carbons (Fsp3) is 0.300. The van der Waals surface area contributed by atoms with Gasteiger partial charge in [0.2, 0.25) is 11.8 Å². The summed E-state index contributed by atoms with van der Waals surface area (Å²) in [4.78, 5) is 26.6. The molecule has 26 heavy (non-hydrogen) atoms. The quantitative estimate of drug-likeness (QED) is 0.875. The zero-order chi connectivity index (χ0) is 18.7. The first-order chi connectivity index (χ1) is 12.5. The van der Waals surface area contributed by atoms with Crippen molar-refractivity contribution >= 4 is 23.6 Å². The maximum Gasteiger partial charge on any atom is 0.242 e. The first-order valence-electron chi connectivity index (χ1n) is 8.47. The number of thioether (sulfide) groups is 1. The predicted molar refractivity (Wildman–Crippen MR) is 101 cm³/mol. The first kappa shape index (κ1) is 18.5. The molecule has 1 N–H and O–H groups in total. The maximum absolute atomic E-state index is 13.0. The summed E-state index contributed by atoms with van der Waals surface area (Å²) in [5.41, 5.74) is 2.98. The van der Waals surface area contributed by atoms with E-state index in [2.05, 4.69) is 5.32 Å². The van der Waals surface area contributed by atoms with Gasteiger partial charge in [0.15, 0.2) is 0 Å². The number of nitrogens with one attached hydrogen (secondary N) is 1. The van der Waals surface area contributed by atoms with Gasteiger partial charge < -0.3 is 10.2 Å². The van der Waals surface area contributed by atoms with Crippen molar-refractivity contribution in [3.63, 3.8) is 0 Å². The van der Waals surface area contributed by atoms with Crippen LogP contribution in [0.4, 0.5) is 4.39 Å². The van der Waals surface area contributed by atoms with E-state index in [0.717, 1.165) is 16.7 Å². The van der Waals surface area contributed by atoms with Gasteiger partial charge in [-0.3, -0.25) is 9.59 Å². The molecule has 6 heteroatoms. The highest BCUT2D eigenvalue weighted by molar-refractivity contribution is 8.00. The minimum absolute atomic E-state index is 0.0370. The van der Waals surface area contributed by atoms with Crippen LogP contribution < -0.4 is 5.32 Å². The Labute approximate surface area is 156 Å². The summed E-state index contributed by atoms with van der Waals surface area (Å²) in [6, 6.07) is 13.4. The molecule has 0 bridgehead atoms. The van der Waals surface area contributed by atoms with E-state index >= 15 is 0 Å². The standard InChI is InChI=1S/C20H21FN2O2S/c1-13-3-7-16(8-4-13)20-23(18(24)12-26-20)14(2)19(25)22-11-15-5-9-17(21)10-6-15/h3-10,14,20H,11-12H2,1-2H3,(H,22,25). The third kappa shape index (κ3) is 4.07. The Hall–Kier alpha value is -2.34. The molecule has 1 fully saturated rings. The van der Waals surface area contributed by atoms with Crippen LogP contribution >= 0.6 is 11.8 Å². The van der Waals surface area contributed by atoms with Gasteiger partial charge in [0.05, 0.1) is 5.75 Å². The highest BCUT2D eigenvalue weighted by Crippen LogP contribution is 2.40. The van der Waals surface area contributed by atoms with Crippen molar-refractivity contribution in [1.82, 2.24) is 10.2 Å². The molecule has 0 aromatic heterocycles. The lowest BCUT2D eigenvalue weighted by Crippen LogP contribution is -2.46. The highest BCUT2D eigenvalue weighted by Gasteiger charge is 2.38. The Morgan fingerprint density at radius 2 is 1.88 bits per heavy atom. The lowest BCUT2D eigenvalue weighted by atomic mass is 10.1. The number of hydrogen-bond donors (Lipinski definition) is 1. The van der Waals surface area contributed by atoms with Gasteiger partial charge >= 0.3 is 0 Å². The Morgan fingerprint density at radius 3 is 2.54 bits per heavy atom. The molecule has 0 aliphatic carbocycles. The predicted octanol–water partition coefficient (Wildman–Crippen LogP) is 3.41. The Balaban J connectivity index is 1.68. The number of carbonyl (C=O) groups is 2. The molecule has 0 radical (unpaired) electrons. The molecule has 0 saturated carbocycles. The van der Waals surface area contributed by atoms with Gasteiger partial charge in [-0.15, -0.1) is 11.8 Å². The van der Waals surface area contributed by atoms with Crippen LogP contribution in [0.15, 0.2) is 48.5 Å². The lowest BCUT2D eigenvalue weighted by Gasteiger charge is -2.29. The molecule has 4 nitrogen and oxygen atoms in total. The van der Waals surface area contributed by atoms with Crippen LogP contribution in [0.25, 0.3) is 0 Å². The van der Waals surface area contributed by atoms with Crippen molar-refractivity contribution in [2.45, 2.75) is 31.8 Å². The molecule has 2 unspecified atom stereocenters. The van der Waals surface area contributed by atoms with E-state index in [1.165, 1.54) is 23.9 Å². The average molecular weight is 372 g/mol. The van der Waals surface area contributed by atoms with Crippen LogP contribution in [0, 0.1) is 12.7 Å². The Bertz CT molecular complexity index is 792. The summed E-state index contributed by atoms with van der Waals surface area (Å²) in [6.07, 6.45) is 0. The smallest absolute Gasteiger partial charge is 0.242 e. The zero-order valence-corrected chi connectivity index (χ0v) is 15.6. The van der Waals surface area contributed by atoms with E-state index in [4.69, 9.17) is 0 Å². The van der Waals surface area contributed by atoms with Gasteiger partial charge in [-0.2, -0.15) is 0 Å². The molecule has 2 amide bonds. The topological polar surface area (TPSA) is 49.4 Å². The zero-order valence-electron chi connectivity index (χ0n) is 14.7. The van der Waals surface area contributed by atoms with Crippen molar-refractivity contribution in [2.75, 3.05) is 5.75 Å². The second-order valence-electron chi connectivity index (χ2n) is 6.40. The minimum atomic E-state index is -0.579. The largest absolute Gasteiger partial charge is 0.350 e. The molecule has 0 spiro atoms. The van der Waals surface area contributed by atoms with Crippen molar-refractivity contribution in [1.29, 1.82) is 0 Å². The minimum Gasteiger partial charge on any atom is -0.350 e. The van der Waals surface area contributed by atoms with Crippen LogP contribution in [0.5, 0.6) is 0 Å². The molecule has 1 aliphatic rings. The molecular weight excluding hydrogens is 351 g/mol. The summed E-state index contributed by atoms with van der Waals surface area (Å²) in [5.74, 6) is -0.199. The Kier molecular flexibility index (Phi) is 5.61. The van der Waals surface area contributed by atoms with E-state index in [-0.39, 0.29) is 23.0 Å². The number of amides is 2. The van der Waals surface area contributed by atoms with Gasteiger partial charge in [-0.25, -0.2) is 4.39 Å². The van der Waals surface area contributed by atoms with E-state index < -0.39 is 6.04 Å². The molecule has 2 aromatic carbocycles. The van der Waals surface area contributed by atoms with Crippen LogP contribution in [-0.4, -0.2) is 28.5 Å². The second kappa shape index (κ2) is 7.91. The van der Waals surface area contributed by atoms with Gasteiger partial charge in [0, 0.05) is 6.54 Å². The first-order valence-corrected chi connectivity index (χ1v) is 9.52. The number of nitrogens with zero attached hydrogens (tertiary/aromatic N) is 1. The highest BCUT2D eigenvalue weighted by atomic mass is 32.2. The fourth-order valence-corrected chi connectivity index (χ4v) is 4.17. The lowest BCUT2D eigenvalue weighted by molar-refractivity contribution is -0.137. The number of hydrogen-bond acceptors (Lipinski definition) is 3. The molecular formula is C20H21FN2O2S. The van der Waals surface area contributed by atoms with Crippen molar-refractivity contribution in [3.05, 3.63) is 71.0 Å². The van der Waals surface area contributed by atoms with Crippen molar-refractivity contribution in [3.8, 4) is 0 Å². The maximum atomic E-state index is 13.0. The molecule has 2 atom stereocenters. The average Bonchev–Trinajstić information content (AvgIpc) is 3.02. The SMILES string of the molecule is Cc1ccc(C2SCC(=O)N2C(C)C(=O)NCc2ccc(F)cc2)cc1. The van der Waals surface area contributed by atoms with Gasteiger partial charge in [-0.05, 0) is 37.1 Å². The fourth-order valence-electron chi connectivity index (χ4n) is 2.91. The normalized spacial score (nSPS) is 18.0. The number of rotatable bonds is 5. The Morgan fingerprint density at radius 1 is 1.23 bits per heavy atom.